The van der Waals surface area contributed by atoms with Crippen molar-refractivity contribution >= 4 is 5.78 Å². The minimum Gasteiger partial charge on any atom is -0.370 e. The Balaban J connectivity index is 1.67. The Morgan fingerprint density at radius 1 is 1.06 bits per heavy atom. The zero-order chi connectivity index (χ0) is 13.0. The molecular formula is C16H28O2. The first-order valence-corrected chi connectivity index (χ1v) is 7.71. The van der Waals surface area contributed by atoms with Gasteiger partial charge in [-0.3, -0.25) is 4.79 Å². The molecule has 2 fully saturated rings. The van der Waals surface area contributed by atoms with E-state index >= 15 is 0 Å². The maximum absolute atomic E-state index is 12.0. The highest BCUT2D eigenvalue weighted by atomic mass is 16.5. The number of Topliss-reactive ketones (excluding diaryl/α,β-unsaturated/α-hetero) is 1. The van der Waals surface area contributed by atoms with Crippen molar-refractivity contribution in [1.29, 1.82) is 0 Å². The molecule has 0 aromatic carbocycles. The molecule has 104 valence electrons. The van der Waals surface area contributed by atoms with Crippen molar-refractivity contribution < 1.29 is 9.53 Å². The summed E-state index contributed by atoms with van der Waals surface area (Å²) in [6, 6.07) is 0. The zero-order valence-corrected chi connectivity index (χ0v) is 12.0. The molecule has 0 aromatic rings. The predicted molar refractivity (Wildman–Crippen MR) is 73.6 cm³/mol. The smallest absolute Gasteiger partial charge is 0.161 e. The lowest BCUT2D eigenvalue weighted by Gasteiger charge is -2.34. The van der Waals surface area contributed by atoms with Crippen molar-refractivity contribution in [2.24, 2.45) is 11.3 Å². The molecule has 0 atom stereocenters. The van der Waals surface area contributed by atoms with Crippen LogP contribution < -0.4 is 0 Å². The molecule has 0 saturated heterocycles. The molecule has 0 aliphatic heterocycles. The van der Waals surface area contributed by atoms with Crippen molar-refractivity contribution in [3.05, 3.63) is 0 Å². The van der Waals surface area contributed by atoms with Gasteiger partial charge in [0.15, 0.2) is 5.78 Å². The number of hydrogen-bond acceptors (Lipinski definition) is 2. The van der Waals surface area contributed by atoms with Gasteiger partial charge in [0.25, 0.3) is 0 Å². The van der Waals surface area contributed by atoms with Crippen LogP contribution in [0.5, 0.6) is 0 Å². The number of carbonyl (C=O) groups is 1. The fourth-order valence-electron chi connectivity index (χ4n) is 3.28. The van der Waals surface area contributed by atoms with E-state index in [1.807, 2.05) is 0 Å². The molecule has 0 unspecified atom stereocenters. The molecule has 0 aromatic heterocycles. The quantitative estimate of drug-likeness (QED) is 0.752. The summed E-state index contributed by atoms with van der Waals surface area (Å²) in [5, 5.41) is 0. The minimum absolute atomic E-state index is 0.304. The first-order chi connectivity index (χ1) is 8.57. The average Bonchev–Trinajstić information content (AvgIpc) is 2.38. The van der Waals surface area contributed by atoms with E-state index in [1.54, 1.807) is 0 Å². The molecule has 2 aliphatic carbocycles. The summed E-state index contributed by atoms with van der Waals surface area (Å²) in [5.41, 5.74) is 0.479. The highest BCUT2D eigenvalue weighted by Gasteiger charge is 2.28. The molecule has 2 rings (SSSR count). The van der Waals surface area contributed by atoms with Gasteiger partial charge in [0.1, 0.15) is 6.61 Å². The van der Waals surface area contributed by atoms with Crippen LogP contribution in [-0.2, 0) is 9.53 Å². The lowest BCUT2D eigenvalue weighted by molar-refractivity contribution is -0.131. The first kappa shape index (κ1) is 14.0. The van der Waals surface area contributed by atoms with Gasteiger partial charge in [-0.05, 0) is 43.9 Å². The van der Waals surface area contributed by atoms with Crippen LogP contribution in [0, 0.1) is 11.3 Å². The van der Waals surface area contributed by atoms with Gasteiger partial charge in [0.05, 0.1) is 6.10 Å². The normalized spacial score (nSPS) is 26.1. The average molecular weight is 252 g/mol. The summed E-state index contributed by atoms with van der Waals surface area (Å²) in [4.78, 5) is 12.0. The van der Waals surface area contributed by atoms with Gasteiger partial charge in [0, 0.05) is 5.92 Å². The largest absolute Gasteiger partial charge is 0.370 e. The Hall–Kier alpha value is -0.370. The number of ketones is 1. The highest BCUT2D eigenvalue weighted by Crippen LogP contribution is 2.36. The monoisotopic (exact) mass is 252 g/mol. The van der Waals surface area contributed by atoms with Crippen molar-refractivity contribution in [2.75, 3.05) is 6.61 Å². The van der Waals surface area contributed by atoms with Crippen molar-refractivity contribution in [3.63, 3.8) is 0 Å². The van der Waals surface area contributed by atoms with E-state index in [0.717, 1.165) is 25.7 Å². The maximum atomic E-state index is 12.0. The molecule has 0 amide bonds. The predicted octanol–water partition coefficient (Wildman–Crippen LogP) is 4.12. The summed E-state index contributed by atoms with van der Waals surface area (Å²) in [6.45, 7) is 5.03. The summed E-state index contributed by atoms with van der Waals surface area (Å²) in [7, 11) is 0. The standard InChI is InChI=1S/C16H28O2/c1-16(2)10-8-14(9-11-16)18-12-15(17)13-6-4-3-5-7-13/h13-14H,3-12H2,1-2H3. The molecule has 0 spiro atoms. The molecule has 2 aliphatic rings. The third-order valence-electron chi connectivity index (χ3n) is 4.81. The van der Waals surface area contributed by atoms with Crippen LogP contribution in [0.15, 0.2) is 0 Å². The van der Waals surface area contributed by atoms with E-state index in [1.165, 1.54) is 32.1 Å². The van der Waals surface area contributed by atoms with Gasteiger partial charge in [-0.2, -0.15) is 0 Å². The third kappa shape index (κ3) is 4.08. The van der Waals surface area contributed by atoms with Crippen LogP contribution >= 0.6 is 0 Å². The molecule has 2 heteroatoms. The van der Waals surface area contributed by atoms with E-state index in [0.29, 0.717) is 29.8 Å². The second kappa shape index (κ2) is 6.18. The second-order valence-corrected chi connectivity index (χ2v) is 6.98. The molecular weight excluding hydrogens is 224 g/mol. The topological polar surface area (TPSA) is 26.3 Å². The van der Waals surface area contributed by atoms with E-state index < -0.39 is 0 Å². The first-order valence-electron chi connectivity index (χ1n) is 7.71. The second-order valence-electron chi connectivity index (χ2n) is 6.98. The molecule has 2 saturated carbocycles. The molecule has 0 radical (unpaired) electrons. The van der Waals surface area contributed by atoms with Gasteiger partial charge in [-0.25, -0.2) is 0 Å². The SMILES string of the molecule is CC1(C)CCC(OCC(=O)C2CCCCC2)CC1. The molecule has 18 heavy (non-hydrogen) atoms. The number of ether oxygens (including phenoxy) is 1. The van der Waals surface area contributed by atoms with Crippen LogP contribution in [0.25, 0.3) is 0 Å². The van der Waals surface area contributed by atoms with Crippen LogP contribution in [-0.4, -0.2) is 18.5 Å². The highest BCUT2D eigenvalue weighted by molar-refractivity contribution is 5.82. The number of hydrogen-bond donors (Lipinski definition) is 0. The van der Waals surface area contributed by atoms with Crippen molar-refractivity contribution in [2.45, 2.75) is 77.7 Å². The van der Waals surface area contributed by atoms with Gasteiger partial charge >= 0.3 is 0 Å². The number of carbonyl (C=O) groups excluding carboxylic acids is 1. The maximum Gasteiger partial charge on any atom is 0.161 e. The lowest BCUT2D eigenvalue weighted by Crippen LogP contribution is -2.30. The summed E-state index contributed by atoms with van der Waals surface area (Å²) in [5.74, 6) is 0.665. The Kier molecular flexibility index (Phi) is 4.83. The Labute approximate surface area is 111 Å². The van der Waals surface area contributed by atoms with Crippen molar-refractivity contribution in [1.82, 2.24) is 0 Å². The molecule has 0 N–H and O–H groups in total. The Bertz CT molecular complexity index is 267. The molecule has 0 heterocycles. The van der Waals surface area contributed by atoms with Crippen LogP contribution in [0.1, 0.15) is 71.6 Å². The fraction of sp³-hybridized carbons (Fsp3) is 0.938. The zero-order valence-electron chi connectivity index (χ0n) is 12.0. The van der Waals surface area contributed by atoms with Crippen LogP contribution in [0.3, 0.4) is 0 Å². The minimum atomic E-state index is 0.304. The third-order valence-corrected chi connectivity index (χ3v) is 4.81. The van der Waals surface area contributed by atoms with E-state index in [9.17, 15) is 4.79 Å². The van der Waals surface area contributed by atoms with Gasteiger partial charge < -0.3 is 4.74 Å². The summed E-state index contributed by atoms with van der Waals surface area (Å²) >= 11 is 0. The lowest BCUT2D eigenvalue weighted by atomic mass is 9.76. The van der Waals surface area contributed by atoms with Crippen LogP contribution in [0.2, 0.25) is 0 Å². The Morgan fingerprint density at radius 3 is 2.28 bits per heavy atom. The van der Waals surface area contributed by atoms with Crippen molar-refractivity contribution in [3.8, 4) is 0 Å². The van der Waals surface area contributed by atoms with Crippen LogP contribution in [0.4, 0.5) is 0 Å². The van der Waals surface area contributed by atoms with E-state index in [-0.39, 0.29) is 0 Å². The summed E-state index contributed by atoms with van der Waals surface area (Å²) < 4.78 is 5.84. The van der Waals surface area contributed by atoms with Gasteiger partial charge in [-0.1, -0.05) is 33.1 Å². The van der Waals surface area contributed by atoms with Gasteiger partial charge in [0.2, 0.25) is 0 Å². The number of rotatable bonds is 4. The summed E-state index contributed by atoms with van der Waals surface area (Å²) in [6.07, 6.45) is 11.0. The van der Waals surface area contributed by atoms with Gasteiger partial charge in [-0.15, -0.1) is 0 Å². The Morgan fingerprint density at radius 2 is 1.67 bits per heavy atom. The van der Waals surface area contributed by atoms with E-state index in [4.69, 9.17) is 4.74 Å². The van der Waals surface area contributed by atoms with E-state index in [2.05, 4.69) is 13.8 Å². The fourth-order valence-corrected chi connectivity index (χ4v) is 3.28. The molecule has 2 nitrogen and oxygen atoms in total. The molecule has 0 bridgehead atoms.